The Morgan fingerprint density at radius 2 is 2.36 bits per heavy atom. The first kappa shape index (κ1) is 10.5. The molecule has 0 saturated carbocycles. The summed E-state index contributed by atoms with van der Waals surface area (Å²) in [7, 11) is 0. The third-order valence-electron chi connectivity index (χ3n) is 1.91. The summed E-state index contributed by atoms with van der Waals surface area (Å²) in [6.07, 6.45) is 6.53. The zero-order valence-corrected chi connectivity index (χ0v) is 8.36. The molecular weight excluding hydrogens is 176 g/mol. The molecule has 0 aliphatic heterocycles. The second kappa shape index (κ2) is 5.98. The van der Waals surface area contributed by atoms with Gasteiger partial charge in [-0.15, -0.1) is 0 Å². The zero-order valence-electron chi connectivity index (χ0n) is 8.36. The first-order valence-corrected chi connectivity index (χ1v) is 4.85. The highest BCUT2D eigenvalue weighted by Gasteiger charge is 2.01. The predicted molar refractivity (Wildman–Crippen MR) is 54.0 cm³/mol. The van der Waals surface area contributed by atoms with Crippen molar-refractivity contribution in [2.75, 3.05) is 6.61 Å². The Hall–Kier alpha value is -1.56. The van der Waals surface area contributed by atoms with Gasteiger partial charge in [0.05, 0.1) is 18.4 Å². The molecule has 0 unspecified atom stereocenters. The van der Waals surface area contributed by atoms with Gasteiger partial charge in [0.1, 0.15) is 6.07 Å². The van der Waals surface area contributed by atoms with E-state index in [4.69, 9.17) is 10.00 Å². The van der Waals surface area contributed by atoms with Gasteiger partial charge in [-0.3, -0.25) is 4.98 Å². The summed E-state index contributed by atoms with van der Waals surface area (Å²) in [4.78, 5) is 3.92. The van der Waals surface area contributed by atoms with Crippen LogP contribution in [-0.2, 0) is 0 Å². The Labute approximate surface area is 84.3 Å². The summed E-state index contributed by atoms with van der Waals surface area (Å²) in [5.74, 6) is 0.589. The first-order valence-electron chi connectivity index (χ1n) is 4.85. The summed E-state index contributed by atoms with van der Waals surface area (Å²) < 4.78 is 5.45. The van der Waals surface area contributed by atoms with Crippen molar-refractivity contribution in [3.05, 3.63) is 24.0 Å². The Morgan fingerprint density at radius 1 is 1.50 bits per heavy atom. The van der Waals surface area contributed by atoms with Gasteiger partial charge in [-0.2, -0.15) is 5.26 Å². The fourth-order valence-electron chi connectivity index (χ4n) is 1.12. The van der Waals surface area contributed by atoms with Gasteiger partial charge >= 0.3 is 0 Å². The highest BCUT2D eigenvalue weighted by molar-refractivity contribution is 5.40. The van der Waals surface area contributed by atoms with Gasteiger partial charge in [0, 0.05) is 6.20 Å². The molecule has 74 valence electrons. The van der Waals surface area contributed by atoms with E-state index in [0.29, 0.717) is 17.9 Å². The van der Waals surface area contributed by atoms with Gasteiger partial charge in [0.25, 0.3) is 0 Å². The maximum absolute atomic E-state index is 8.76. The van der Waals surface area contributed by atoms with Gasteiger partial charge in [0.15, 0.2) is 5.75 Å². The second-order valence-corrected chi connectivity index (χ2v) is 3.04. The van der Waals surface area contributed by atoms with Crippen molar-refractivity contribution in [2.24, 2.45) is 0 Å². The maximum atomic E-state index is 8.76. The van der Waals surface area contributed by atoms with Crippen LogP contribution in [-0.4, -0.2) is 11.6 Å². The van der Waals surface area contributed by atoms with Crippen LogP contribution in [0.3, 0.4) is 0 Å². The van der Waals surface area contributed by atoms with Crippen molar-refractivity contribution in [1.82, 2.24) is 4.98 Å². The molecule has 0 aliphatic rings. The Kier molecular flexibility index (Phi) is 4.49. The zero-order chi connectivity index (χ0) is 10.2. The van der Waals surface area contributed by atoms with Crippen molar-refractivity contribution in [3.8, 4) is 11.8 Å². The first-order chi connectivity index (χ1) is 6.88. The van der Waals surface area contributed by atoms with Gasteiger partial charge in [-0.25, -0.2) is 0 Å². The van der Waals surface area contributed by atoms with Crippen LogP contribution in [0.25, 0.3) is 0 Å². The third-order valence-corrected chi connectivity index (χ3v) is 1.91. The lowest BCUT2D eigenvalue weighted by molar-refractivity contribution is 0.304. The summed E-state index contributed by atoms with van der Waals surface area (Å²) in [5, 5.41) is 8.76. The topological polar surface area (TPSA) is 45.9 Å². The number of aromatic nitrogens is 1. The molecule has 0 radical (unpaired) electrons. The smallest absolute Gasteiger partial charge is 0.155 e. The van der Waals surface area contributed by atoms with Crippen LogP contribution in [0, 0.1) is 11.3 Å². The minimum absolute atomic E-state index is 0.552. The average Bonchev–Trinajstić information content (AvgIpc) is 2.25. The van der Waals surface area contributed by atoms with Crippen molar-refractivity contribution < 1.29 is 4.74 Å². The monoisotopic (exact) mass is 190 g/mol. The molecule has 0 N–H and O–H groups in total. The fourth-order valence-corrected chi connectivity index (χ4v) is 1.12. The van der Waals surface area contributed by atoms with Crippen LogP contribution in [0.2, 0.25) is 0 Å². The lowest BCUT2D eigenvalue weighted by Gasteiger charge is -2.05. The number of hydrogen-bond donors (Lipinski definition) is 0. The standard InChI is InChI=1S/C11H14N2O/c1-2-3-4-7-14-11-9-13-6-5-10(11)8-12/h5-6,9H,2-4,7H2,1H3. The summed E-state index contributed by atoms with van der Waals surface area (Å²) in [6.45, 7) is 2.80. The van der Waals surface area contributed by atoms with E-state index in [2.05, 4.69) is 18.0 Å². The average molecular weight is 190 g/mol. The molecular formula is C11H14N2O. The highest BCUT2D eigenvalue weighted by Crippen LogP contribution is 2.15. The van der Waals surface area contributed by atoms with E-state index in [0.717, 1.165) is 12.8 Å². The van der Waals surface area contributed by atoms with Crippen molar-refractivity contribution in [1.29, 1.82) is 5.26 Å². The molecule has 0 saturated heterocycles. The molecule has 3 nitrogen and oxygen atoms in total. The molecule has 3 heteroatoms. The molecule has 0 amide bonds. The molecule has 0 aromatic carbocycles. The number of unbranched alkanes of at least 4 members (excludes halogenated alkanes) is 2. The van der Waals surface area contributed by atoms with E-state index < -0.39 is 0 Å². The predicted octanol–water partition coefficient (Wildman–Crippen LogP) is 2.52. The van der Waals surface area contributed by atoms with Crippen LogP contribution >= 0.6 is 0 Å². The highest BCUT2D eigenvalue weighted by atomic mass is 16.5. The molecule has 0 fully saturated rings. The largest absolute Gasteiger partial charge is 0.491 e. The molecule has 0 bridgehead atoms. The minimum Gasteiger partial charge on any atom is -0.491 e. The van der Waals surface area contributed by atoms with Gasteiger partial charge in [-0.05, 0) is 12.5 Å². The van der Waals surface area contributed by atoms with Crippen LogP contribution < -0.4 is 4.74 Å². The normalized spacial score (nSPS) is 9.43. The van der Waals surface area contributed by atoms with E-state index in [-0.39, 0.29) is 0 Å². The van der Waals surface area contributed by atoms with Crippen LogP contribution in [0.1, 0.15) is 31.7 Å². The molecule has 0 aliphatic carbocycles. The van der Waals surface area contributed by atoms with Gasteiger partial charge < -0.3 is 4.74 Å². The van der Waals surface area contributed by atoms with E-state index in [1.54, 1.807) is 18.5 Å². The van der Waals surface area contributed by atoms with Crippen molar-refractivity contribution in [3.63, 3.8) is 0 Å². The molecule has 0 atom stereocenters. The molecule has 1 aromatic rings. The minimum atomic E-state index is 0.552. The third kappa shape index (κ3) is 3.06. The van der Waals surface area contributed by atoms with Crippen molar-refractivity contribution >= 4 is 0 Å². The summed E-state index contributed by atoms with van der Waals surface area (Å²) in [5.41, 5.74) is 0.552. The Balaban J connectivity index is 2.46. The second-order valence-electron chi connectivity index (χ2n) is 3.04. The van der Waals surface area contributed by atoms with E-state index >= 15 is 0 Å². The van der Waals surface area contributed by atoms with Crippen LogP contribution in [0.5, 0.6) is 5.75 Å². The number of pyridine rings is 1. The number of nitrogens with zero attached hydrogens (tertiary/aromatic N) is 2. The number of hydrogen-bond acceptors (Lipinski definition) is 3. The Bertz CT molecular complexity index is 317. The number of ether oxygens (including phenoxy) is 1. The van der Waals surface area contributed by atoms with Gasteiger partial charge in [-0.1, -0.05) is 19.8 Å². The summed E-state index contributed by atoms with van der Waals surface area (Å²) >= 11 is 0. The van der Waals surface area contributed by atoms with Gasteiger partial charge in [0.2, 0.25) is 0 Å². The molecule has 1 rings (SSSR count). The molecule has 14 heavy (non-hydrogen) atoms. The fraction of sp³-hybridized carbons (Fsp3) is 0.455. The number of rotatable bonds is 5. The quantitative estimate of drug-likeness (QED) is 0.670. The molecule has 1 aromatic heterocycles. The SMILES string of the molecule is CCCCCOc1cnccc1C#N. The van der Waals surface area contributed by atoms with Crippen LogP contribution in [0.15, 0.2) is 18.5 Å². The number of nitriles is 1. The summed E-state index contributed by atoms with van der Waals surface area (Å²) in [6, 6.07) is 3.73. The van der Waals surface area contributed by atoms with E-state index in [9.17, 15) is 0 Å². The van der Waals surface area contributed by atoms with E-state index in [1.807, 2.05) is 0 Å². The molecule has 0 spiro atoms. The Morgan fingerprint density at radius 3 is 3.07 bits per heavy atom. The maximum Gasteiger partial charge on any atom is 0.155 e. The lowest BCUT2D eigenvalue weighted by Crippen LogP contribution is -1.99. The van der Waals surface area contributed by atoms with Crippen molar-refractivity contribution in [2.45, 2.75) is 26.2 Å². The lowest BCUT2D eigenvalue weighted by atomic mass is 10.2. The van der Waals surface area contributed by atoms with Crippen LogP contribution in [0.4, 0.5) is 0 Å². The molecule has 1 heterocycles. The van der Waals surface area contributed by atoms with E-state index in [1.165, 1.54) is 6.42 Å².